The van der Waals surface area contributed by atoms with E-state index in [1.807, 2.05) is 6.92 Å². The molecular formula is C13H12N2O5S. The van der Waals surface area contributed by atoms with Gasteiger partial charge < -0.3 is 4.98 Å². The molecule has 0 saturated heterocycles. The van der Waals surface area contributed by atoms with E-state index in [4.69, 9.17) is 0 Å². The topological polar surface area (TPSA) is 110 Å². The Balaban J connectivity index is 2.21. The van der Waals surface area contributed by atoms with E-state index in [0.717, 1.165) is 17.8 Å². The number of benzene rings is 1. The minimum atomic E-state index is -3.77. The second-order valence-electron chi connectivity index (χ2n) is 4.52. The zero-order chi connectivity index (χ0) is 15.6. The third kappa shape index (κ3) is 3.34. The second-order valence-corrected chi connectivity index (χ2v) is 6.51. The van der Waals surface area contributed by atoms with Crippen LogP contribution >= 0.6 is 0 Å². The fraction of sp³-hybridized carbons (Fsp3) is 0.154. The van der Waals surface area contributed by atoms with Crippen molar-refractivity contribution >= 4 is 21.3 Å². The smallest absolute Gasteiger partial charge is 0.287 e. The van der Waals surface area contributed by atoms with Gasteiger partial charge >= 0.3 is 0 Å². The van der Waals surface area contributed by atoms with E-state index in [-0.39, 0.29) is 16.3 Å². The predicted octanol–water partition coefficient (Wildman–Crippen LogP) is 1.89. The van der Waals surface area contributed by atoms with Gasteiger partial charge in [-0.2, -0.15) is 0 Å². The fourth-order valence-electron chi connectivity index (χ4n) is 1.73. The number of rotatable bonds is 5. The Labute approximate surface area is 120 Å². The third-order valence-corrected chi connectivity index (χ3v) is 4.51. The molecule has 0 spiro atoms. The van der Waals surface area contributed by atoms with Crippen LogP contribution in [0.15, 0.2) is 41.4 Å². The lowest BCUT2D eigenvalue weighted by Gasteiger charge is -2.03. The summed E-state index contributed by atoms with van der Waals surface area (Å²) < 4.78 is 24.2. The van der Waals surface area contributed by atoms with Gasteiger partial charge in [-0.05, 0) is 19.1 Å². The number of carbonyl (C=O) groups excluding carboxylic acids is 1. The van der Waals surface area contributed by atoms with Crippen LogP contribution in [-0.2, 0) is 9.84 Å². The van der Waals surface area contributed by atoms with Gasteiger partial charge in [0.15, 0.2) is 15.6 Å². The highest BCUT2D eigenvalue weighted by Crippen LogP contribution is 2.16. The first-order chi connectivity index (χ1) is 9.79. The van der Waals surface area contributed by atoms with Gasteiger partial charge in [0.2, 0.25) is 0 Å². The Morgan fingerprint density at radius 1 is 1.29 bits per heavy atom. The maximum atomic E-state index is 12.1. The molecule has 21 heavy (non-hydrogen) atoms. The van der Waals surface area contributed by atoms with Crippen LogP contribution in [0.2, 0.25) is 0 Å². The minimum absolute atomic E-state index is 0.0440. The van der Waals surface area contributed by atoms with Crippen LogP contribution in [0.4, 0.5) is 5.69 Å². The Hall–Kier alpha value is -2.48. The highest BCUT2D eigenvalue weighted by atomic mass is 32.2. The molecule has 0 radical (unpaired) electrons. The van der Waals surface area contributed by atoms with Gasteiger partial charge in [-0.1, -0.05) is 17.7 Å². The van der Waals surface area contributed by atoms with Crippen molar-refractivity contribution in [2.45, 2.75) is 11.8 Å². The van der Waals surface area contributed by atoms with E-state index in [1.165, 1.54) is 12.1 Å². The molecule has 2 rings (SSSR count). The zero-order valence-electron chi connectivity index (χ0n) is 11.1. The van der Waals surface area contributed by atoms with Gasteiger partial charge in [-0.25, -0.2) is 8.42 Å². The summed E-state index contributed by atoms with van der Waals surface area (Å²) in [6, 6.07) is 7.14. The number of hydrogen-bond donors (Lipinski definition) is 1. The van der Waals surface area contributed by atoms with Gasteiger partial charge in [0, 0.05) is 6.07 Å². The maximum absolute atomic E-state index is 12.1. The maximum Gasteiger partial charge on any atom is 0.287 e. The van der Waals surface area contributed by atoms with E-state index in [2.05, 4.69) is 4.98 Å². The molecule has 0 aliphatic rings. The molecule has 0 aliphatic heterocycles. The van der Waals surface area contributed by atoms with E-state index in [0.29, 0.717) is 0 Å². The van der Waals surface area contributed by atoms with Crippen molar-refractivity contribution in [3.05, 3.63) is 57.9 Å². The van der Waals surface area contributed by atoms with Crippen LogP contribution in [-0.4, -0.2) is 29.9 Å². The van der Waals surface area contributed by atoms with Crippen molar-refractivity contribution in [3.63, 3.8) is 0 Å². The molecule has 0 atom stereocenters. The summed E-state index contributed by atoms with van der Waals surface area (Å²) in [6.45, 7) is 1.82. The third-order valence-electron chi connectivity index (χ3n) is 2.88. The molecule has 2 aromatic rings. The van der Waals surface area contributed by atoms with Crippen molar-refractivity contribution in [1.82, 2.24) is 4.98 Å². The van der Waals surface area contributed by atoms with Crippen LogP contribution < -0.4 is 0 Å². The molecule has 8 heteroatoms. The summed E-state index contributed by atoms with van der Waals surface area (Å²) in [6.07, 6.45) is 1.05. The summed E-state index contributed by atoms with van der Waals surface area (Å²) in [5.41, 5.74) is 0.517. The first-order valence-corrected chi connectivity index (χ1v) is 7.60. The molecule has 1 aromatic heterocycles. The molecule has 0 amide bonds. The van der Waals surface area contributed by atoms with Crippen molar-refractivity contribution in [2.24, 2.45) is 0 Å². The Morgan fingerprint density at radius 3 is 2.43 bits per heavy atom. The number of nitro groups is 1. The standard InChI is InChI=1S/C13H12N2O5S/c1-9-2-4-11(5-3-9)21(19,20)8-13(16)12-6-10(7-14-12)15(17)18/h2-7,14H,8H2,1H3. The largest absolute Gasteiger partial charge is 0.353 e. The number of H-pyrrole nitrogens is 1. The van der Waals surface area contributed by atoms with Crippen LogP contribution in [0.3, 0.4) is 0 Å². The predicted molar refractivity (Wildman–Crippen MR) is 75.0 cm³/mol. The monoisotopic (exact) mass is 308 g/mol. The van der Waals surface area contributed by atoms with Gasteiger partial charge in [0.25, 0.3) is 5.69 Å². The second kappa shape index (κ2) is 5.49. The summed E-state index contributed by atoms with van der Waals surface area (Å²) in [4.78, 5) is 24.2. The lowest BCUT2D eigenvalue weighted by Crippen LogP contribution is -2.16. The van der Waals surface area contributed by atoms with Crippen LogP contribution in [0.25, 0.3) is 0 Å². The number of aromatic nitrogens is 1. The van der Waals surface area contributed by atoms with Crippen LogP contribution in [0, 0.1) is 17.0 Å². The van der Waals surface area contributed by atoms with Crippen molar-refractivity contribution < 1.29 is 18.1 Å². The average molecular weight is 308 g/mol. The van der Waals surface area contributed by atoms with E-state index in [9.17, 15) is 23.3 Å². The zero-order valence-corrected chi connectivity index (χ0v) is 11.9. The molecule has 1 heterocycles. The highest BCUT2D eigenvalue weighted by molar-refractivity contribution is 7.92. The number of hydrogen-bond acceptors (Lipinski definition) is 5. The molecule has 7 nitrogen and oxygen atoms in total. The molecule has 0 aliphatic carbocycles. The summed E-state index contributed by atoms with van der Waals surface area (Å²) in [5.74, 6) is -1.46. The minimum Gasteiger partial charge on any atom is -0.353 e. The first kappa shape index (κ1) is 14.9. The Morgan fingerprint density at radius 2 is 1.90 bits per heavy atom. The number of sulfone groups is 1. The number of nitrogens with zero attached hydrogens (tertiary/aromatic N) is 1. The molecule has 0 bridgehead atoms. The quantitative estimate of drug-likeness (QED) is 0.515. The lowest BCUT2D eigenvalue weighted by atomic mass is 10.2. The molecule has 1 aromatic carbocycles. The molecular weight excluding hydrogens is 296 g/mol. The van der Waals surface area contributed by atoms with Gasteiger partial charge in [0.05, 0.1) is 21.7 Å². The summed E-state index contributed by atoms with van der Waals surface area (Å²) in [5, 5.41) is 10.5. The molecule has 0 saturated carbocycles. The van der Waals surface area contributed by atoms with E-state index < -0.39 is 26.3 Å². The van der Waals surface area contributed by atoms with Crippen molar-refractivity contribution in [3.8, 4) is 0 Å². The number of aromatic amines is 1. The summed E-state index contributed by atoms with van der Waals surface area (Å²) in [7, 11) is -3.77. The average Bonchev–Trinajstić information content (AvgIpc) is 2.88. The Bertz CT molecular complexity index is 790. The van der Waals surface area contributed by atoms with Crippen LogP contribution in [0.1, 0.15) is 16.1 Å². The number of carbonyl (C=O) groups is 1. The number of nitrogens with one attached hydrogen (secondary N) is 1. The SMILES string of the molecule is Cc1ccc(S(=O)(=O)CC(=O)c2cc([N+](=O)[O-])c[nH]2)cc1. The lowest BCUT2D eigenvalue weighted by molar-refractivity contribution is -0.384. The molecule has 0 fully saturated rings. The highest BCUT2D eigenvalue weighted by Gasteiger charge is 2.22. The Kier molecular flexibility index (Phi) is 3.90. The molecule has 1 N–H and O–H groups in total. The normalized spacial score (nSPS) is 11.3. The van der Waals surface area contributed by atoms with Gasteiger partial charge in [0.1, 0.15) is 5.75 Å². The van der Waals surface area contributed by atoms with Crippen LogP contribution in [0.5, 0.6) is 0 Å². The number of ketones is 1. The van der Waals surface area contributed by atoms with E-state index >= 15 is 0 Å². The first-order valence-electron chi connectivity index (χ1n) is 5.95. The van der Waals surface area contributed by atoms with Gasteiger partial charge in [-0.15, -0.1) is 0 Å². The fourth-order valence-corrected chi connectivity index (χ4v) is 2.95. The number of aryl methyl sites for hydroxylation is 1. The molecule has 110 valence electrons. The van der Waals surface area contributed by atoms with E-state index in [1.54, 1.807) is 12.1 Å². The number of Topliss-reactive ketones (excluding diaryl/α,β-unsaturated/α-hetero) is 1. The molecule has 0 unspecified atom stereocenters. The van der Waals surface area contributed by atoms with Gasteiger partial charge in [-0.3, -0.25) is 14.9 Å². The van der Waals surface area contributed by atoms with Crippen molar-refractivity contribution in [1.29, 1.82) is 0 Å². The van der Waals surface area contributed by atoms with Crippen molar-refractivity contribution in [2.75, 3.05) is 5.75 Å². The summed E-state index contributed by atoms with van der Waals surface area (Å²) >= 11 is 0.